The highest BCUT2D eigenvalue weighted by atomic mass is 35.5. The summed E-state index contributed by atoms with van der Waals surface area (Å²) in [5.74, 6) is 0.487. The van der Waals surface area contributed by atoms with Gasteiger partial charge in [0.15, 0.2) is 0 Å². The molecule has 4 heteroatoms. The number of benzene rings is 1. The molecule has 2 rings (SSSR count). The summed E-state index contributed by atoms with van der Waals surface area (Å²) in [7, 11) is 0. The lowest BCUT2D eigenvalue weighted by atomic mass is 10.2. The molecule has 0 aromatic heterocycles. The van der Waals surface area contributed by atoms with Crippen molar-refractivity contribution in [2.45, 2.75) is 25.5 Å². The van der Waals surface area contributed by atoms with Crippen LogP contribution in [0.3, 0.4) is 0 Å². The van der Waals surface area contributed by atoms with E-state index in [9.17, 15) is 4.79 Å². The molecule has 1 amide bonds. The second-order valence-corrected chi connectivity index (χ2v) is 4.49. The SMILES string of the molecule is O=C(OCc1ccccc1)N1CCCC1CCl. The molecule has 1 unspecified atom stereocenters. The summed E-state index contributed by atoms with van der Waals surface area (Å²) in [5.41, 5.74) is 1.00. The van der Waals surface area contributed by atoms with Crippen molar-refractivity contribution in [3.8, 4) is 0 Å². The highest BCUT2D eigenvalue weighted by Gasteiger charge is 2.28. The summed E-state index contributed by atoms with van der Waals surface area (Å²) in [5, 5.41) is 0. The number of alkyl halides is 1. The number of carbonyl (C=O) groups is 1. The van der Waals surface area contributed by atoms with Crippen molar-refractivity contribution in [2.24, 2.45) is 0 Å². The number of hydrogen-bond donors (Lipinski definition) is 0. The molecule has 1 saturated heterocycles. The van der Waals surface area contributed by atoms with Crippen LogP contribution in [-0.4, -0.2) is 29.5 Å². The number of hydrogen-bond acceptors (Lipinski definition) is 2. The first-order chi connectivity index (χ1) is 8.31. The maximum absolute atomic E-state index is 11.8. The first-order valence-corrected chi connectivity index (χ1v) is 6.38. The van der Waals surface area contributed by atoms with Gasteiger partial charge in [-0.25, -0.2) is 4.79 Å². The number of nitrogens with zero attached hydrogens (tertiary/aromatic N) is 1. The molecule has 0 radical (unpaired) electrons. The fraction of sp³-hybridized carbons (Fsp3) is 0.462. The Kier molecular flexibility index (Phi) is 4.26. The Morgan fingerprint density at radius 3 is 2.88 bits per heavy atom. The molecular formula is C13H16ClNO2. The smallest absolute Gasteiger partial charge is 0.410 e. The molecule has 0 spiro atoms. The number of likely N-dealkylation sites (tertiary alicyclic amines) is 1. The quantitative estimate of drug-likeness (QED) is 0.775. The lowest BCUT2D eigenvalue weighted by molar-refractivity contribution is 0.0948. The van der Waals surface area contributed by atoms with E-state index in [0.29, 0.717) is 12.5 Å². The molecule has 1 heterocycles. The Morgan fingerprint density at radius 2 is 2.18 bits per heavy atom. The van der Waals surface area contributed by atoms with Gasteiger partial charge in [0.2, 0.25) is 0 Å². The van der Waals surface area contributed by atoms with Gasteiger partial charge in [-0.15, -0.1) is 11.6 Å². The Labute approximate surface area is 106 Å². The van der Waals surface area contributed by atoms with Gasteiger partial charge in [-0.05, 0) is 18.4 Å². The van der Waals surface area contributed by atoms with E-state index in [1.54, 1.807) is 4.90 Å². The van der Waals surface area contributed by atoms with Crippen molar-refractivity contribution in [3.63, 3.8) is 0 Å². The third-order valence-electron chi connectivity index (χ3n) is 2.99. The Bertz CT molecular complexity index is 369. The van der Waals surface area contributed by atoms with Gasteiger partial charge in [0.1, 0.15) is 6.61 Å². The maximum atomic E-state index is 11.8. The number of rotatable bonds is 3. The monoisotopic (exact) mass is 253 g/mol. The second kappa shape index (κ2) is 5.92. The van der Waals surface area contributed by atoms with Gasteiger partial charge < -0.3 is 9.64 Å². The van der Waals surface area contributed by atoms with Crippen LogP contribution in [0.4, 0.5) is 4.79 Å². The summed E-state index contributed by atoms with van der Waals surface area (Å²) in [6.07, 6.45) is 1.74. The highest BCUT2D eigenvalue weighted by Crippen LogP contribution is 2.19. The van der Waals surface area contributed by atoms with Gasteiger partial charge in [0.25, 0.3) is 0 Å². The van der Waals surface area contributed by atoms with Crippen LogP contribution in [0.2, 0.25) is 0 Å². The molecule has 0 N–H and O–H groups in total. The molecule has 0 aliphatic carbocycles. The van der Waals surface area contributed by atoms with E-state index in [2.05, 4.69) is 0 Å². The summed E-state index contributed by atoms with van der Waals surface area (Å²) < 4.78 is 5.27. The molecule has 1 fully saturated rings. The molecule has 3 nitrogen and oxygen atoms in total. The third-order valence-corrected chi connectivity index (χ3v) is 3.35. The lowest BCUT2D eigenvalue weighted by Gasteiger charge is -2.22. The highest BCUT2D eigenvalue weighted by molar-refractivity contribution is 6.18. The first-order valence-electron chi connectivity index (χ1n) is 5.84. The Morgan fingerprint density at radius 1 is 1.41 bits per heavy atom. The molecule has 1 aromatic rings. The molecule has 1 atom stereocenters. The van der Waals surface area contributed by atoms with E-state index < -0.39 is 0 Å². The van der Waals surface area contributed by atoms with Crippen LogP contribution in [0, 0.1) is 0 Å². The van der Waals surface area contributed by atoms with Crippen LogP contribution in [0.1, 0.15) is 18.4 Å². The van der Waals surface area contributed by atoms with Crippen LogP contribution in [0.15, 0.2) is 30.3 Å². The van der Waals surface area contributed by atoms with Gasteiger partial charge in [-0.3, -0.25) is 0 Å². The summed E-state index contributed by atoms with van der Waals surface area (Å²) in [6.45, 7) is 1.08. The predicted molar refractivity (Wildman–Crippen MR) is 67.1 cm³/mol. The normalized spacial score (nSPS) is 19.4. The predicted octanol–water partition coefficient (Wildman–Crippen LogP) is 3.03. The maximum Gasteiger partial charge on any atom is 0.410 e. The molecule has 1 aliphatic heterocycles. The molecule has 0 bridgehead atoms. The lowest BCUT2D eigenvalue weighted by Crippen LogP contribution is -2.36. The topological polar surface area (TPSA) is 29.5 Å². The fourth-order valence-electron chi connectivity index (χ4n) is 2.04. The van der Waals surface area contributed by atoms with Crippen LogP contribution >= 0.6 is 11.6 Å². The van der Waals surface area contributed by atoms with Crippen molar-refractivity contribution in [2.75, 3.05) is 12.4 Å². The molecule has 1 aliphatic rings. The summed E-state index contributed by atoms with van der Waals surface area (Å²) in [6, 6.07) is 9.82. The van der Waals surface area contributed by atoms with E-state index >= 15 is 0 Å². The third kappa shape index (κ3) is 3.13. The molecule has 1 aromatic carbocycles. The second-order valence-electron chi connectivity index (χ2n) is 4.18. The zero-order valence-corrected chi connectivity index (χ0v) is 10.4. The van der Waals surface area contributed by atoms with Gasteiger partial charge in [-0.1, -0.05) is 30.3 Å². The van der Waals surface area contributed by atoms with Gasteiger partial charge in [0, 0.05) is 18.5 Å². The standard InChI is InChI=1S/C13H16ClNO2/c14-9-12-7-4-8-15(12)13(16)17-10-11-5-2-1-3-6-11/h1-3,5-6,12H,4,7-10H2. The number of carbonyl (C=O) groups excluding carboxylic acids is 1. The average molecular weight is 254 g/mol. The van der Waals surface area contributed by atoms with Crippen LogP contribution in [0.25, 0.3) is 0 Å². The number of halogens is 1. The van der Waals surface area contributed by atoms with Crippen molar-refractivity contribution >= 4 is 17.7 Å². The van der Waals surface area contributed by atoms with E-state index in [4.69, 9.17) is 16.3 Å². The minimum atomic E-state index is -0.253. The largest absolute Gasteiger partial charge is 0.445 e. The number of ether oxygens (including phenoxy) is 1. The fourth-order valence-corrected chi connectivity index (χ4v) is 2.36. The van der Waals surface area contributed by atoms with Crippen LogP contribution < -0.4 is 0 Å². The molecule has 17 heavy (non-hydrogen) atoms. The van der Waals surface area contributed by atoms with Crippen molar-refractivity contribution in [1.29, 1.82) is 0 Å². The molecular weight excluding hydrogens is 238 g/mol. The average Bonchev–Trinajstić information content (AvgIpc) is 2.85. The van der Waals surface area contributed by atoms with Crippen molar-refractivity contribution in [1.82, 2.24) is 4.90 Å². The van der Waals surface area contributed by atoms with Gasteiger partial charge in [-0.2, -0.15) is 0 Å². The Hall–Kier alpha value is -1.22. The van der Waals surface area contributed by atoms with Gasteiger partial charge >= 0.3 is 6.09 Å². The summed E-state index contributed by atoms with van der Waals surface area (Å²) in [4.78, 5) is 13.6. The van der Waals surface area contributed by atoms with E-state index in [-0.39, 0.29) is 12.1 Å². The van der Waals surface area contributed by atoms with Crippen LogP contribution in [-0.2, 0) is 11.3 Å². The zero-order chi connectivity index (χ0) is 12.1. The zero-order valence-electron chi connectivity index (χ0n) is 9.64. The van der Waals surface area contributed by atoms with E-state index in [1.165, 1.54) is 0 Å². The van der Waals surface area contributed by atoms with Crippen molar-refractivity contribution in [3.05, 3.63) is 35.9 Å². The van der Waals surface area contributed by atoms with Crippen LogP contribution in [0.5, 0.6) is 0 Å². The van der Waals surface area contributed by atoms with E-state index in [1.807, 2.05) is 30.3 Å². The summed E-state index contributed by atoms with van der Waals surface area (Å²) >= 11 is 5.81. The van der Waals surface area contributed by atoms with Gasteiger partial charge in [0.05, 0.1) is 0 Å². The van der Waals surface area contributed by atoms with Crippen molar-refractivity contribution < 1.29 is 9.53 Å². The minimum absolute atomic E-state index is 0.139. The first kappa shape index (κ1) is 12.2. The molecule has 92 valence electrons. The Balaban J connectivity index is 1.85. The number of amides is 1. The van der Waals surface area contributed by atoms with E-state index in [0.717, 1.165) is 24.9 Å². The molecule has 0 saturated carbocycles. The minimum Gasteiger partial charge on any atom is -0.445 e.